The van der Waals surface area contributed by atoms with E-state index in [0.29, 0.717) is 17.3 Å². The highest BCUT2D eigenvalue weighted by atomic mass is 16.5. The minimum Gasteiger partial charge on any atom is -0.392 e. The Kier molecular flexibility index (Phi) is 5.38. The Hall–Kier alpha value is -3.06. The summed E-state index contributed by atoms with van der Waals surface area (Å²) in [6, 6.07) is 11.0. The second-order valence-corrected chi connectivity index (χ2v) is 6.17. The van der Waals surface area contributed by atoms with Gasteiger partial charge in [-0.15, -0.1) is 0 Å². The zero-order valence-corrected chi connectivity index (χ0v) is 14.6. The number of amides is 1. The van der Waals surface area contributed by atoms with Gasteiger partial charge in [-0.25, -0.2) is 0 Å². The van der Waals surface area contributed by atoms with E-state index in [1.807, 2.05) is 38.1 Å². The molecule has 7 nitrogen and oxygen atoms in total. The Morgan fingerprint density at radius 3 is 2.54 bits per heavy atom. The fourth-order valence-corrected chi connectivity index (χ4v) is 2.32. The summed E-state index contributed by atoms with van der Waals surface area (Å²) >= 11 is 0. The molecule has 1 aromatic carbocycles. The first-order valence-electron chi connectivity index (χ1n) is 8.33. The van der Waals surface area contributed by atoms with E-state index < -0.39 is 0 Å². The van der Waals surface area contributed by atoms with E-state index >= 15 is 0 Å². The molecule has 1 amide bonds. The lowest BCUT2D eigenvalue weighted by Gasteiger charge is -2.05. The van der Waals surface area contributed by atoms with Crippen molar-refractivity contribution in [3.05, 3.63) is 65.4 Å². The van der Waals surface area contributed by atoms with Crippen LogP contribution in [0.3, 0.4) is 0 Å². The summed E-state index contributed by atoms with van der Waals surface area (Å²) in [6.45, 7) is 4.12. The predicted molar refractivity (Wildman–Crippen MR) is 95.2 cm³/mol. The van der Waals surface area contributed by atoms with Crippen molar-refractivity contribution in [1.29, 1.82) is 0 Å². The van der Waals surface area contributed by atoms with Crippen molar-refractivity contribution < 1.29 is 14.4 Å². The van der Waals surface area contributed by atoms with Crippen LogP contribution in [0.4, 0.5) is 0 Å². The number of nitrogens with zero attached hydrogens (tertiary/aromatic N) is 3. The molecule has 0 aliphatic heterocycles. The summed E-state index contributed by atoms with van der Waals surface area (Å²) in [4.78, 5) is 20.8. The average Bonchev–Trinajstić information content (AvgIpc) is 3.16. The van der Waals surface area contributed by atoms with Crippen molar-refractivity contribution in [2.24, 2.45) is 0 Å². The molecule has 0 aliphatic rings. The van der Waals surface area contributed by atoms with Gasteiger partial charge >= 0.3 is 0 Å². The number of aromatic nitrogens is 3. The second-order valence-electron chi connectivity index (χ2n) is 6.17. The SMILES string of the molecule is CC(C)c1nc(CNC(=O)c2ccc(-c3ccc(CO)cc3)nc2)no1. The van der Waals surface area contributed by atoms with Crippen molar-refractivity contribution in [3.63, 3.8) is 0 Å². The lowest BCUT2D eigenvalue weighted by atomic mass is 10.1. The maximum Gasteiger partial charge on any atom is 0.253 e. The predicted octanol–water partition coefficient (Wildman–Crippen LogP) is 2.68. The molecule has 2 N–H and O–H groups in total. The maximum atomic E-state index is 12.2. The van der Waals surface area contributed by atoms with Gasteiger partial charge in [0.05, 0.1) is 24.4 Å². The molecule has 0 atom stereocenters. The van der Waals surface area contributed by atoms with Gasteiger partial charge in [0.1, 0.15) is 0 Å². The number of benzene rings is 1. The van der Waals surface area contributed by atoms with Gasteiger partial charge < -0.3 is 14.9 Å². The van der Waals surface area contributed by atoms with E-state index in [9.17, 15) is 4.79 Å². The average molecular weight is 352 g/mol. The van der Waals surface area contributed by atoms with Gasteiger partial charge in [-0.2, -0.15) is 4.98 Å². The molecule has 134 valence electrons. The normalized spacial score (nSPS) is 10.9. The Morgan fingerprint density at radius 1 is 1.19 bits per heavy atom. The monoisotopic (exact) mass is 352 g/mol. The van der Waals surface area contributed by atoms with E-state index in [2.05, 4.69) is 20.4 Å². The third-order valence-electron chi connectivity index (χ3n) is 3.84. The van der Waals surface area contributed by atoms with Gasteiger partial charge in [0, 0.05) is 17.7 Å². The summed E-state index contributed by atoms with van der Waals surface area (Å²) in [5, 5.41) is 15.7. The smallest absolute Gasteiger partial charge is 0.253 e. The molecule has 2 aromatic heterocycles. The van der Waals surface area contributed by atoms with Crippen molar-refractivity contribution in [3.8, 4) is 11.3 Å². The Balaban J connectivity index is 1.62. The molecule has 26 heavy (non-hydrogen) atoms. The van der Waals surface area contributed by atoms with Gasteiger partial charge in [0.25, 0.3) is 5.91 Å². The summed E-state index contributed by atoms with van der Waals surface area (Å²) in [6.07, 6.45) is 1.53. The van der Waals surface area contributed by atoms with Gasteiger partial charge in [0.2, 0.25) is 5.89 Å². The minimum atomic E-state index is -0.254. The number of rotatable bonds is 6. The molecule has 3 aromatic rings. The summed E-state index contributed by atoms with van der Waals surface area (Å²) in [5.74, 6) is 0.883. The molecule has 0 aliphatic carbocycles. The van der Waals surface area contributed by atoms with Crippen molar-refractivity contribution in [2.45, 2.75) is 32.9 Å². The largest absolute Gasteiger partial charge is 0.392 e. The third-order valence-corrected chi connectivity index (χ3v) is 3.84. The first-order chi connectivity index (χ1) is 12.6. The summed E-state index contributed by atoms with van der Waals surface area (Å²) in [5.41, 5.74) is 2.97. The molecule has 0 bridgehead atoms. The highest BCUT2D eigenvalue weighted by Crippen LogP contribution is 2.18. The highest BCUT2D eigenvalue weighted by molar-refractivity contribution is 5.94. The summed E-state index contributed by atoms with van der Waals surface area (Å²) in [7, 11) is 0. The molecule has 0 radical (unpaired) electrons. The number of aliphatic hydroxyl groups is 1. The van der Waals surface area contributed by atoms with Crippen LogP contribution in [0, 0.1) is 0 Å². The molecule has 0 saturated carbocycles. The fraction of sp³-hybridized carbons (Fsp3) is 0.263. The number of carbonyl (C=O) groups excluding carboxylic acids is 1. The van der Waals surface area contributed by atoms with Crippen LogP contribution in [-0.2, 0) is 13.2 Å². The number of hydrogen-bond donors (Lipinski definition) is 2. The van der Waals surface area contributed by atoms with Crippen molar-refractivity contribution in [1.82, 2.24) is 20.4 Å². The molecule has 3 rings (SSSR count). The molecular weight excluding hydrogens is 332 g/mol. The van der Waals surface area contributed by atoms with Crippen molar-refractivity contribution >= 4 is 5.91 Å². The van der Waals surface area contributed by atoms with Gasteiger partial charge in [-0.3, -0.25) is 9.78 Å². The molecular formula is C19H20N4O3. The van der Waals surface area contributed by atoms with E-state index in [4.69, 9.17) is 9.63 Å². The lowest BCUT2D eigenvalue weighted by molar-refractivity contribution is 0.0949. The van der Waals surface area contributed by atoms with E-state index in [0.717, 1.165) is 16.8 Å². The molecule has 2 heterocycles. The standard InChI is InChI=1S/C19H20N4O3/c1-12(2)19-22-17(23-26-19)10-21-18(25)15-7-8-16(20-9-15)14-5-3-13(11-24)4-6-14/h3-9,12,24H,10-11H2,1-2H3,(H,21,25). The van der Waals surface area contributed by atoms with Crippen LogP contribution >= 0.6 is 0 Å². The number of hydrogen-bond acceptors (Lipinski definition) is 6. The quantitative estimate of drug-likeness (QED) is 0.707. The molecule has 0 saturated heterocycles. The fourth-order valence-electron chi connectivity index (χ4n) is 2.32. The number of carbonyl (C=O) groups is 1. The first-order valence-corrected chi connectivity index (χ1v) is 8.33. The molecule has 0 fully saturated rings. The zero-order chi connectivity index (χ0) is 18.5. The summed E-state index contributed by atoms with van der Waals surface area (Å²) < 4.78 is 5.10. The van der Waals surface area contributed by atoms with Crippen LogP contribution in [0.1, 0.15) is 47.4 Å². The zero-order valence-electron chi connectivity index (χ0n) is 14.6. The number of pyridine rings is 1. The van der Waals surface area contributed by atoms with Crippen LogP contribution < -0.4 is 5.32 Å². The van der Waals surface area contributed by atoms with Crippen LogP contribution in [-0.4, -0.2) is 26.1 Å². The van der Waals surface area contributed by atoms with E-state index in [1.54, 1.807) is 12.1 Å². The molecule has 0 spiro atoms. The molecule has 0 unspecified atom stereocenters. The maximum absolute atomic E-state index is 12.2. The lowest BCUT2D eigenvalue weighted by Crippen LogP contribution is -2.23. The number of nitrogens with one attached hydrogen (secondary N) is 1. The minimum absolute atomic E-state index is 0.00581. The van der Waals surface area contributed by atoms with Gasteiger partial charge in [-0.1, -0.05) is 43.3 Å². The highest BCUT2D eigenvalue weighted by Gasteiger charge is 2.12. The Bertz CT molecular complexity index is 871. The second kappa shape index (κ2) is 7.88. The topological polar surface area (TPSA) is 101 Å². The van der Waals surface area contributed by atoms with E-state index in [1.165, 1.54) is 6.20 Å². The molecule has 7 heteroatoms. The Labute approximate surface area is 151 Å². The van der Waals surface area contributed by atoms with Gasteiger partial charge in [0.15, 0.2) is 5.82 Å². The van der Waals surface area contributed by atoms with E-state index in [-0.39, 0.29) is 25.0 Å². The van der Waals surface area contributed by atoms with Crippen LogP contribution in [0.5, 0.6) is 0 Å². The van der Waals surface area contributed by atoms with Crippen LogP contribution in [0.2, 0.25) is 0 Å². The van der Waals surface area contributed by atoms with Crippen molar-refractivity contribution in [2.75, 3.05) is 0 Å². The first kappa shape index (κ1) is 17.8. The number of aliphatic hydroxyl groups excluding tert-OH is 1. The van der Waals surface area contributed by atoms with Crippen LogP contribution in [0.15, 0.2) is 47.1 Å². The Morgan fingerprint density at radius 2 is 1.96 bits per heavy atom. The third kappa shape index (κ3) is 4.12. The van der Waals surface area contributed by atoms with Gasteiger partial charge in [-0.05, 0) is 17.7 Å². The van der Waals surface area contributed by atoms with Crippen LogP contribution in [0.25, 0.3) is 11.3 Å².